The van der Waals surface area contributed by atoms with Crippen LogP contribution in [-0.4, -0.2) is 17.1 Å². The maximum atomic E-state index is 5.73. The Labute approximate surface area is 125 Å². The fraction of sp³-hybridized carbons (Fsp3) is 0.375. The Morgan fingerprint density at radius 3 is 2.71 bits per heavy atom. The van der Waals surface area contributed by atoms with Crippen LogP contribution in [0.15, 0.2) is 36.7 Å². The van der Waals surface area contributed by atoms with Gasteiger partial charge in [-0.3, -0.25) is 5.84 Å². The van der Waals surface area contributed by atoms with E-state index < -0.39 is 0 Å². The number of nitrogens with zero attached hydrogens (tertiary/aromatic N) is 2. The average Bonchev–Trinajstić information content (AvgIpc) is 2.48. The van der Waals surface area contributed by atoms with Gasteiger partial charge in [0.25, 0.3) is 0 Å². The van der Waals surface area contributed by atoms with Gasteiger partial charge in [-0.05, 0) is 23.5 Å². The normalized spacial score (nSPS) is 12.4. The van der Waals surface area contributed by atoms with Crippen LogP contribution in [0, 0.1) is 5.92 Å². The van der Waals surface area contributed by atoms with Crippen molar-refractivity contribution in [3.05, 3.63) is 53.5 Å². The van der Waals surface area contributed by atoms with Crippen LogP contribution in [0.5, 0.6) is 5.88 Å². The van der Waals surface area contributed by atoms with Crippen LogP contribution in [0.3, 0.4) is 0 Å². The molecule has 1 atom stereocenters. The molecule has 3 N–H and O–H groups in total. The molecule has 0 bridgehead atoms. The summed E-state index contributed by atoms with van der Waals surface area (Å²) in [6.07, 6.45) is 2.52. The second-order valence-corrected chi connectivity index (χ2v) is 5.43. The Morgan fingerprint density at radius 2 is 2.05 bits per heavy atom. The molecule has 21 heavy (non-hydrogen) atoms. The molecule has 0 saturated carbocycles. The van der Waals surface area contributed by atoms with Gasteiger partial charge in [0, 0.05) is 6.07 Å². The summed E-state index contributed by atoms with van der Waals surface area (Å²) < 4.78 is 5.14. The highest BCUT2D eigenvalue weighted by atomic mass is 16.5. The quantitative estimate of drug-likeness (QED) is 0.629. The molecule has 2 aromatic rings. The lowest BCUT2D eigenvalue weighted by molar-refractivity contribution is 0.395. The molecule has 0 spiro atoms. The fourth-order valence-electron chi connectivity index (χ4n) is 2.35. The van der Waals surface area contributed by atoms with Gasteiger partial charge in [-0.25, -0.2) is 15.4 Å². The van der Waals surface area contributed by atoms with Gasteiger partial charge in [-0.15, -0.1) is 0 Å². The smallest absolute Gasteiger partial charge is 0.216 e. The van der Waals surface area contributed by atoms with Crippen LogP contribution in [-0.2, 0) is 6.42 Å². The second-order valence-electron chi connectivity index (χ2n) is 5.43. The van der Waals surface area contributed by atoms with Crippen LogP contribution in [0.25, 0.3) is 0 Å². The zero-order chi connectivity index (χ0) is 15.2. The maximum absolute atomic E-state index is 5.73. The van der Waals surface area contributed by atoms with Gasteiger partial charge in [0.05, 0.1) is 18.8 Å². The van der Waals surface area contributed by atoms with Crippen molar-refractivity contribution < 1.29 is 4.74 Å². The molecule has 1 unspecified atom stereocenters. The van der Waals surface area contributed by atoms with Crippen molar-refractivity contribution in [2.45, 2.75) is 26.3 Å². The first kappa shape index (κ1) is 15.4. The van der Waals surface area contributed by atoms with Gasteiger partial charge in [0.1, 0.15) is 6.33 Å². The highest BCUT2D eigenvalue weighted by Gasteiger charge is 2.15. The van der Waals surface area contributed by atoms with Crippen molar-refractivity contribution >= 4 is 0 Å². The molecule has 112 valence electrons. The largest absolute Gasteiger partial charge is 0.481 e. The molecule has 5 heteroatoms. The molecule has 0 aliphatic rings. The summed E-state index contributed by atoms with van der Waals surface area (Å²) >= 11 is 0. The number of hydrazine groups is 1. The summed E-state index contributed by atoms with van der Waals surface area (Å²) in [5, 5.41) is 0. The van der Waals surface area contributed by atoms with E-state index in [1.807, 2.05) is 6.07 Å². The Morgan fingerprint density at radius 1 is 1.24 bits per heavy atom. The van der Waals surface area contributed by atoms with Gasteiger partial charge >= 0.3 is 0 Å². The first-order valence-corrected chi connectivity index (χ1v) is 7.05. The van der Waals surface area contributed by atoms with Crippen molar-refractivity contribution in [1.29, 1.82) is 0 Å². The minimum atomic E-state index is -0.186. The monoisotopic (exact) mass is 286 g/mol. The van der Waals surface area contributed by atoms with Crippen molar-refractivity contribution in [3.8, 4) is 5.88 Å². The van der Waals surface area contributed by atoms with E-state index in [4.69, 9.17) is 10.6 Å². The Kier molecular flexibility index (Phi) is 5.25. The summed E-state index contributed by atoms with van der Waals surface area (Å²) in [6.45, 7) is 4.42. The van der Waals surface area contributed by atoms with E-state index in [0.717, 1.165) is 17.7 Å². The van der Waals surface area contributed by atoms with Crippen LogP contribution < -0.4 is 16.0 Å². The van der Waals surface area contributed by atoms with E-state index in [2.05, 4.69) is 47.4 Å². The van der Waals surface area contributed by atoms with Crippen LogP contribution in [0.1, 0.15) is 36.7 Å². The van der Waals surface area contributed by atoms with E-state index in [0.29, 0.717) is 11.8 Å². The lowest BCUT2D eigenvalue weighted by Crippen LogP contribution is -2.29. The number of benzene rings is 1. The zero-order valence-corrected chi connectivity index (χ0v) is 12.7. The van der Waals surface area contributed by atoms with Crippen molar-refractivity contribution in [2.75, 3.05) is 7.11 Å². The summed E-state index contributed by atoms with van der Waals surface area (Å²) in [5.74, 6) is 6.87. The molecular formula is C16H22N4O. The molecule has 0 aliphatic carbocycles. The number of hydrogen-bond donors (Lipinski definition) is 2. The van der Waals surface area contributed by atoms with Crippen molar-refractivity contribution in [3.63, 3.8) is 0 Å². The van der Waals surface area contributed by atoms with E-state index in [1.165, 1.54) is 11.9 Å². The highest BCUT2D eigenvalue weighted by molar-refractivity contribution is 5.32. The van der Waals surface area contributed by atoms with E-state index in [9.17, 15) is 0 Å². The van der Waals surface area contributed by atoms with E-state index >= 15 is 0 Å². The van der Waals surface area contributed by atoms with Crippen molar-refractivity contribution in [1.82, 2.24) is 15.4 Å². The third-order valence-electron chi connectivity index (χ3n) is 3.26. The molecular weight excluding hydrogens is 264 g/mol. The standard InChI is InChI=1S/C16H22N4O/c1-11(2)7-12-5-4-6-13(8-12)16(20-17)14-9-15(21-3)19-10-18-14/h4-6,8-11,16,20H,7,17H2,1-3H3. The first-order chi connectivity index (χ1) is 10.1. The van der Waals surface area contributed by atoms with Crippen LogP contribution in [0.4, 0.5) is 0 Å². The maximum Gasteiger partial charge on any atom is 0.216 e. The molecule has 2 rings (SSSR count). The second kappa shape index (κ2) is 7.15. The fourth-order valence-corrected chi connectivity index (χ4v) is 2.35. The SMILES string of the molecule is COc1cc(C(NN)c2cccc(CC(C)C)c2)ncn1. The topological polar surface area (TPSA) is 73.1 Å². The lowest BCUT2D eigenvalue weighted by atomic mass is 9.97. The van der Waals surface area contributed by atoms with Gasteiger partial charge in [0.15, 0.2) is 0 Å². The van der Waals surface area contributed by atoms with Gasteiger partial charge in [-0.1, -0.05) is 38.1 Å². The molecule has 5 nitrogen and oxygen atoms in total. The predicted octanol–water partition coefficient (Wildman–Crippen LogP) is 2.24. The minimum absolute atomic E-state index is 0.186. The molecule has 1 heterocycles. The first-order valence-electron chi connectivity index (χ1n) is 7.05. The average molecular weight is 286 g/mol. The van der Waals surface area contributed by atoms with E-state index in [-0.39, 0.29) is 6.04 Å². The number of methoxy groups -OCH3 is 1. The zero-order valence-electron chi connectivity index (χ0n) is 12.7. The minimum Gasteiger partial charge on any atom is -0.481 e. The third kappa shape index (κ3) is 4.00. The Hall–Kier alpha value is -1.98. The molecule has 1 aromatic heterocycles. The van der Waals surface area contributed by atoms with Crippen LogP contribution in [0.2, 0.25) is 0 Å². The summed E-state index contributed by atoms with van der Waals surface area (Å²) in [7, 11) is 1.58. The van der Waals surface area contributed by atoms with E-state index in [1.54, 1.807) is 13.2 Å². The van der Waals surface area contributed by atoms with Gasteiger partial charge in [0.2, 0.25) is 5.88 Å². The summed E-state index contributed by atoms with van der Waals surface area (Å²) in [4.78, 5) is 8.32. The van der Waals surface area contributed by atoms with Crippen LogP contribution >= 0.6 is 0 Å². The summed E-state index contributed by atoms with van der Waals surface area (Å²) in [5.41, 5.74) is 5.98. The molecule has 0 saturated heterocycles. The molecule has 0 amide bonds. The lowest BCUT2D eigenvalue weighted by Gasteiger charge is -2.17. The predicted molar refractivity (Wildman–Crippen MR) is 82.7 cm³/mol. The summed E-state index contributed by atoms with van der Waals surface area (Å²) in [6, 6.07) is 10.0. The Balaban J connectivity index is 2.32. The molecule has 0 aliphatic heterocycles. The highest BCUT2D eigenvalue weighted by Crippen LogP contribution is 2.23. The molecule has 0 fully saturated rings. The number of ether oxygens (including phenoxy) is 1. The Bertz CT molecular complexity index is 586. The number of hydrogen-bond acceptors (Lipinski definition) is 5. The molecule has 1 aromatic carbocycles. The van der Waals surface area contributed by atoms with Crippen molar-refractivity contribution in [2.24, 2.45) is 11.8 Å². The number of nitrogens with two attached hydrogens (primary N) is 1. The molecule has 0 radical (unpaired) electrons. The third-order valence-corrected chi connectivity index (χ3v) is 3.26. The number of nitrogens with one attached hydrogen (secondary N) is 1. The van der Waals surface area contributed by atoms with Gasteiger partial charge < -0.3 is 4.74 Å². The number of aromatic nitrogens is 2. The van der Waals surface area contributed by atoms with Gasteiger partial charge in [-0.2, -0.15) is 0 Å². The number of rotatable bonds is 6.